The Labute approximate surface area is 98.3 Å². The summed E-state index contributed by atoms with van der Waals surface area (Å²) >= 11 is 0. The lowest BCUT2D eigenvalue weighted by Gasteiger charge is -2.60. The lowest BCUT2D eigenvalue weighted by Crippen LogP contribution is -2.75. The molecule has 2 N–H and O–H groups in total. The first-order chi connectivity index (χ1) is 7.81. The molecule has 0 aromatic heterocycles. The van der Waals surface area contributed by atoms with E-state index in [9.17, 15) is 0 Å². The van der Waals surface area contributed by atoms with Gasteiger partial charge in [-0.25, -0.2) is 0 Å². The van der Waals surface area contributed by atoms with Crippen LogP contribution in [0.3, 0.4) is 0 Å². The van der Waals surface area contributed by atoms with Crippen LogP contribution in [0.5, 0.6) is 0 Å². The van der Waals surface area contributed by atoms with Crippen LogP contribution in [0, 0.1) is 11.8 Å². The van der Waals surface area contributed by atoms with Crippen molar-refractivity contribution in [3.05, 3.63) is 0 Å². The fourth-order valence-electron chi connectivity index (χ4n) is 3.81. The smallest absolute Gasteiger partial charge is 0.0788 e. The molecule has 16 heavy (non-hydrogen) atoms. The molecule has 2 aliphatic heterocycles. The molecular weight excluding hydrogens is 200 g/mol. The van der Waals surface area contributed by atoms with E-state index in [-0.39, 0.29) is 0 Å². The lowest BCUT2D eigenvalue weighted by atomic mass is 9.66. The highest BCUT2D eigenvalue weighted by Crippen LogP contribution is 2.42. The number of fused-ring (bicyclic) bond motifs is 1. The number of nitrogens with zero attached hydrogens (tertiary/aromatic N) is 1. The van der Waals surface area contributed by atoms with Gasteiger partial charge in [0.25, 0.3) is 0 Å². The van der Waals surface area contributed by atoms with E-state index in [2.05, 4.69) is 11.8 Å². The Morgan fingerprint density at radius 1 is 1.38 bits per heavy atom. The summed E-state index contributed by atoms with van der Waals surface area (Å²) in [6.45, 7) is 5.76. The zero-order chi connectivity index (χ0) is 11.1. The summed E-state index contributed by atoms with van der Waals surface area (Å²) in [5, 5.41) is 0. The van der Waals surface area contributed by atoms with Crippen LogP contribution in [0.25, 0.3) is 0 Å². The van der Waals surface area contributed by atoms with Crippen molar-refractivity contribution in [1.29, 1.82) is 0 Å². The summed E-state index contributed by atoms with van der Waals surface area (Å²) in [6.07, 6.45) is 5.66. The molecule has 2 heterocycles. The molecule has 3 rings (SSSR count). The van der Waals surface area contributed by atoms with Crippen molar-refractivity contribution in [1.82, 2.24) is 4.90 Å². The summed E-state index contributed by atoms with van der Waals surface area (Å²) in [4.78, 5) is 2.57. The van der Waals surface area contributed by atoms with Gasteiger partial charge >= 0.3 is 0 Å². The van der Waals surface area contributed by atoms with E-state index >= 15 is 0 Å². The molecule has 4 unspecified atom stereocenters. The van der Waals surface area contributed by atoms with Gasteiger partial charge in [-0.3, -0.25) is 4.90 Å². The number of ether oxygens (including phenoxy) is 1. The van der Waals surface area contributed by atoms with Crippen molar-refractivity contribution in [3.63, 3.8) is 0 Å². The van der Waals surface area contributed by atoms with Gasteiger partial charge < -0.3 is 10.5 Å². The summed E-state index contributed by atoms with van der Waals surface area (Å²) in [5.74, 6) is 1.59. The highest BCUT2D eigenvalue weighted by atomic mass is 16.5. The Morgan fingerprint density at radius 3 is 2.94 bits per heavy atom. The van der Waals surface area contributed by atoms with Crippen molar-refractivity contribution in [2.75, 3.05) is 19.7 Å². The molecule has 2 saturated heterocycles. The van der Waals surface area contributed by atoms with E-state index in [1.165, 1.54) is 38.8 Å². The quantitative estimate of drug-likeness (QED) is 0.783. The van der Waals surface area contributed by atoms with Gasteiger partial charge in [-0.2, -0.15) is 0 Å². The van der Waals surface area contributed by atoms with Gasteiger partial charge in [-0.15, -0.1) is 0 Å². The van der Waals surface area contributed by atoms with Gasteiger partial charge in [-0.05, 0) is 25.2 Å². The average Bonchev–Trinajstić information content (AvgIpc) is 2.26. The van der Waals surface area contributed by atoms with Crippen LogP contribution in [-0.4, -0.2) is 42.8 Å². The van der Waals surface area contributed by atoms with E-state index in [4.69, 9.17) is 10.5 Å². The highest BCUT2D eigenvalue weighted by Gasteiger charge is 2.54. The first-order valence-electron chi connectivity index (χ1n) is 6.92. The zero-order valence-corrected chi connectivity index (χ0v) is 10.3. The second-order valence-electron chi connectivity index (χ2n) is 5.82. The molecule has 4 atom stereocenters. The topological polar surface area (TPSA) is 38.5 Å². The molecule has 1 saturated carbocycles. The molecule has 0 spiro atoms. The molecule has 0 aromatic rings. The third-order valence-electron chi connectivity index (χ3n) is 4.74. The normalized spacial score (nSPS) is 44.6. The van der Waals surface area contributed by atoms with Gasteiger partial charge in [0, 0.05) is 31.7 Å². The van der Waals surface area contributed by atoms with Crippen LogP contribution in [0.4, 0.5) is 0 Å². The standard InChI is InChI=1S/C13H24N2O/c1-2-4-9-7-15(8-9)12-11(14)10-5-3-6-16-13(10)12/h9-13H,2-8,14H2,1H3. The zero-order valence-electron chi connectivity index (χ0n) is 10.3. The van der Waals surface area contributed by atoms with E-state index < -0.39 is 0 Å². The van der Waals surface area contributed by atoms with E-state index in [0.717, 1.165) is 12.5 Å². The number of hydrogen-bond donors (Lipinski definition) is 1. The second-order valence-corrected chi connectivity index (χ2v) is 5.82. The number of hydrogen-bond acceptors (Lipinski definition) is 3. The van der Waals surface area contributed by atoms with E-state index in [0.29, 0.717) is 24.1 Å². The Bertz CT molecular complexity index is 252. The summed E-state index contributed by atoms with van der Waals surface area (Å²) in [7, 11) is 0. The molecule has 0 radical (unpaired) electrons. The highest BCUT2D eigenvalue weighted by molar-refractivity contribution is 5.10. The largest absolute Gasteiger partial charge is 0.376 e. The summed E-state index contributed by atoms with van der Waals surface area (Å²) < 4.78 is 5.89. The van der Waals surface area contributed by atoms with Crippen molar-refractivity contribution in [3.8, 4) is 0 Å². The second kappa shape index (κ2) is 4.28. The average molecular weight is 224 g/mol. The van der Waals surface area contributed by atoms with Crippen molar-refractivity contribution < 1.29 is 4.74 Å². The van der Waals surface area contributed by atoms with Gasteiger partial charge in [0.05, 0.1) is 12.1 Å². The van der Waals surface area contributed by atoms with Gasteiger partial charge in [-0.1, -0.05) is 13.3 Å². The molecule has 0 bridgehead atoms. The number of likely N-dealkylation sites (tertiary alicyclic amines) is 1. The molecule has 0 amide bonds. The number of rotatable bonds is 3. The molecule has 3 fully saturated rings. The van der Waals surface area contributed by atoms with Crippen molar-refractivity contribution in [2.24, 2.45) is 17.6 Å². The first kappa shape index (κ1) is 11.0. The predicted octanol–water partition coefficient (Wildman–Crippen LogP) is 1.22. The van der Waals surface area contributed by atoms with Crippen LogP contribution in [-0.2, 0) is 4.74 Å². The maximum Gasteiger partial charge on any atom is 0.0788 e. The fourth-order valence-corrected chi connectivity index (χ4v) is 3.81. The SMILES string of the molecule is CCCC1CN(C2C(N)C3CCCOC32)C1. The van der Waals surface area contributed by atoms with Crippen LogP contribution >= 0.6 is 0 Å². The Morgan fingerprint density at radius 2 is 2.19 bits per heavy atom. The first-order valence-corrected chi connectivity index (χ1v) is 6.92. The Kier molecular flexibility index (Phi) is 2.94. The van der Waals surface area contributed by atoms with Crippen molar-refractivity contribution >= 4 is 0 Å². The minimum atomic E-state index is 0.382. The molecule has 0 aromatic carbocycles. The fraction of sp³-hybridized carbons (Fsp3) is 1.00. The third kappa shape index (κ3) is 1.60. The third-order valence-corrected chi connectivity index (χ3v) is 4.74. The van der Waals surface area contributed by atoms with Gasteiger partial charge in [0.2, 0.25) is 0 Å². The van der Waals surface area contributed by atoms with E-state index in [1.807, 2.05) is 0 Å². The van der Waals surface area contributed by atoms with Crippen LogP contribution in [0.2, 0.25) is 0 Å². The molecule has 3 aliphatic rings. The maximum atomic E-state index is 6.29. The number of nitrogens with two attached hydrogens (primary N) is 1. The van der Waals surface area contributed by atoms with E-state index in [1.54, 1.807) is 0 Å². The van der Waals surface area contributed by atoms with Crippen LogP contribution < -0.4 is 5.73 Å². The van der Waals surface area contributed by atoms with Crippen LogP contribution in [0.15, 0.2) is 0 Å². The molecule has 92 valence electrons. The van der Waals surface area contributed by atoms with Gasteiger partial charge in [0.15, 0.2) is 0 Å². The molecule has 1 aliphatic carbocycles. The molecular formula is C13H24N2O. The lowest BCUT2D eigenvalue weighted by molar-refractivity contribution is -0.174. The maximum absolute atomic E-state index is 6.29. The molecule has 3 heteroatoms. The summed E-state index contributed by atoms with van der Waals surface area (Å²) in [6, 6.07) is 0.922. The van der Waals surface area contributed by atoms with Gasteiger partial charge in [0.1, 0.15) is 0 Å². The van der Waals surface area contributed by atoms with Crippen molar-refractivity contribution in [2.45, 2.75) is 50.8 Å². The minimum absolute atomic E-state index is 0.382. The monoisotopic (exact) mass is 224 g/mol. The Hall–Kier alpha value is -0.120. The Balaban J connectivity index is 1.53. The summed E-state index contributed by atoms with van der Waals surface area (Å²) in [5.41, 5.74) is 6.29. The molecule has 3 nitrogen and oxygen atoms in total. The van der Waals surface area contributed by atoms with Crippen LogP contribution in [0.1, 0.15) is 32.6 Å². The predicted molar refractivity (Wildman–Crippen MR) is 64.2 cm³/mol. The minimum Gasteiger partial charge on any atom is -0.376 e.